The number of anilines is 1. The van der Waals surface area contributed by atoms with Crippen LogP contribution in [0.4, 0.5) is 5.69 Å². The number of benzene rings is 2. The van der Waals surface area contributed by atoms with Gasteiger partial charge in [0.1, 0.15) is 6.04 Å². The van der Waals surface area contributed by atoms with Crippen molar-refractivity contribution in [2.75, 3.05) is 18.0 Å². The number of nitrogens with one attached hydrogen (secondary N) is 2. The van der Waals surface area contributed by atoms with Crippen molar-refractivity contribution in [3.05, 3.63) is 66.2 Å². The summed E-state index contributed by atoms with van der Waals surface area (Å²) in [4.78, 5) is 15.2. The van der Waals surface area contributed by atoms with Gasteiger partial charge in [-0.1, -0.05) is 48.5 Å². The van der Waals surface area contributed by atoms with Crippen LogP contribution in [0, 0.1) is 0 Å². The first-order valence-corrected chi connectivity index (χ1v) is 9.71. The molecule has 1 heterocycles. The summed E-state index contributed by atoms with van der Waals surface area (Å²) in [5.74, 6) is 0.115. The van der Waals surface area contributed by atoms with Gasteiger partial charge in [-0.15, -0.1) is 0 Å². The van der Waals surface area contributed by atoms with E-state index in [0.717, 1.165) is 44.3 Å². The molecule has 0 spiro atoms. The molecule has 4 nitrogen and oxygen atoms in total. The Bertz CT molecular complexity index is 707. The Kier molecular flexibility index (Phi) is 5.21. The highest BCUT2D eigenvalue weighted by atomic mass is 16.2. The molecule has 0 aromatic heterocycles. The van der Waals surface area contributed by atoms with Crippen LogP contribution in [0.5, 0.6) is 0 Å². The van der Waals surface area contributed by atoms with Gasteiger partial charge in [-0.3, -0.25) is 10.1 Å². The highest BCUT2D eigenvalue weighted by Gasteiger charge is 2.30. The molecule has 0 radical (unpaired) electrons. The van der Waals surface area contributed by atoms with Crippen molar-refractivity contribution in [3.63, 3.8) is 0 Å². The molecular weight excluding hydrogens is 322 g/mol. The van der Waals surface area contributed by atoms with E-state index in [1.165, 1.54) is 5.69 Å². The fourth-order valence-electron chi connectivity index (χ4n) is 3.66. The zero-order valence-corrected chi connectivity index (χ0v) is 15.1. The highest BCUT2D eigenvalue weighted by Crippen LogP contribution is 2.24. The molecule has 2 aromatic rings. The second-order valence-corrected chi connectivity index (χ2v) is 7.39. The topological polar surface area (TPSA) is 44.4 Å². The van der Waals surface area contributed by atoms with Crippen LogP contribution in [0.2, 0.25) is 0 Å². The van der Waals surface area contributed by atoms with Crippen molar-refractivity contribution < 1.29 is 4.79 Å². The maximum Gasteiger partial charge on any atom is 0.241 e. The van der Waals surface area contributed by atoms with Crippen LogP contribution in [0.3, 0.4) is 0 Å². The third kappa shape index (κ3) is 4.25. The van der Waals surface area contributed by atoms with Gasteiger partial charge >= 0.3 is 0 Å². The Morgan fingerprint density at radius 3 is 2.08 bits per heavy atom. The average molecular weight is 349 g/mol. The average Bonchev–Trinajstić information content (AvgIpc) is 3.52. The molecule has 4 heteroatoms. The molecule has 26 heavy (non-hydrogen) atoms. The molecule has 1 unspecified atom stereocenters. The normalized spacial score (nSPS) is 19.2. The molecule has 0 bridgehead atoms. The highest BCUT2D eigenvalue weighted by molar-refractivity contribution is 5.83. The molecule has 1 saturated heterocycles. The van der Waals surface area contributed by atoms with E-state index in [0.29, 0.717) is 12.1 Å². The maximum atomic E-state index is 12.8. The monoisotopic (exact) mass is 349 g/mol. The number of para-hydroxylation sites is 1. The van der Waals surface area contributed by atoms with E-state index in [1.807, 2.05) is 30.3 Å². The summed E-state index contributed by atoms with van der Waals surface area (Å²) in [5, 5.41) is 6.80. The van der Waals surface area contributed by atoms with Crippen LogP contribution in [-0.4, -0.2) is 31.1 Å². The van der Waals surface area contributed by atoms with Gasteiger partial charge in [0.05, 0.1) is 0 Å². The van der Waals surface area contributed by atoms with E-state index < -0.39 is 0 Å². The van der Waals surface area contributed by atoms with Crippen molar-refractivity contribution in [2.24, 2.45) is 0 Å². The molecule has 2 aromatic carbocycles. The van der Waals surface area contributed by atoms with Gasteiger partial charge in [-0.05, 0) is 43.4 Å². The van der Waals surface area contributed by atoms with Crippen LogP contribution in [0.1, 0.15) is 37.3 Å². The van der Waals surface area contributed by atoms with Gasteiger partial charge in [-0.2, -0.15) is 0 Å². The molecule has 1 aliphatic heterocycles. The summed E-state index contributed by atoms with van der Waals surface area (Å²) in [7, 11) is 0. The Labute approximate surface area is 155 Å². The SMILES string of the molecule is O=C(NC1CC1)C(NC1CCN(c2ccccc2)CC1)c1ccccc1. The Balaban J connectivity index is 1.39. The number of amides is 1. The number of piperidine rings is 1. The van der Waals surface area contributed by atoms with E-state index in [-0.39, 0.29) is 11.9 Å². The summed E-state index contributed by atoms with van der Waals surface area (Å²) < 4.78 is 0. The number of hydrogen-bond donors (Lipinski definition) is 2. The van der Waals surface area contributed by atoms with Crippen LogP contribution in [0.25, 0.3) is 0 Å². The largest absolute Gasteiger partial charge is 0.371 e. The van der Waals surface area contributed by atoms with Gasteiger partial charge < -0.3 is 10.2 Å². The van der Waals surface area contributed by atoms with Gasteiger partial charge in [0, 0.05) is 30.9 Å². The Morgan fingerprint density at radius 1 is 0.846 bits per heavy atom. The maximum absolute atomic E-state index is 12.8. The zero-order chi connectivity index (χ0) is 17.8. The van der Waals surface area contributed by atoms with Gasteiger partial charge in [0.25, 0.3) is 0 Å². The lowest BCUT2D eigenvalue weighted by molar-refractivity contribution is -0.123. The molecule has 1 saturated carbocycles. The number of carbonyl (C=O) groups is 1. The first-order valence-electron chi connectivity index (χ1n) is 9.71. The summed E-state index contributed by atoms with van der Waals surface area (Å²) in [6, 6.07) is 21.2. The summed E-state index contributed by atoms with van der Waals surface area (Å²) in [6.07, 6.45) is 4.33. The fraction of sp³-hybridized carbons (Fsp3) is 0.409. The molecule has 1 amide bonds. The van der Waals surface area contributed by atoms with Crippen molar-refractivity contribution in [1.29, 1.82) is 0 Å². The van der Waals surface area contributed by atoms with Gasteiger partial charge in [-0.25, -0.2) is 0 Å². The van der Waals surface area contributed by atoms with Crippen LogP contribution < -0.4 is 15.5 Å². The third-order valence-corrected chi connectivity index (χ3v) is 5.34. The van der Waals surface area contributed by atoms with Crippen molar-refractivity contribution in [1.82, 2.24) is 10.6 Å². The summed E-state index contributed by atoms with van der Waals surface area (Å²) >= 11 is 0. The minimum atomic E-state index is -0.259. The lowest BCUT2D eigenvalue weighted by Crippen LogP contribution is -2.47. The molecule has 1 aliphatic carbocycles. The number of hydrogen-bond acceptors (Lipinski definition) is 3. The molecule has 136 valence electrons. The predicted molar refractivity (Wildman–Crippen MR) is 105 cm³/mol. The standard InChI is InChI=1S/C22H27N3O/c26-22(24-18-11-12-18)21(17-7-3-1-4-8-17)23-19-13-15-25(16-14-19)20-9-5-2-6-10-20/h1-10,18-19,21,23H,11-16H2,(H,24,26). The quantitative estimate of drug-likeness (QED) is 0.841. The van der Waals surface area contributed by atoms with E-state index >= 15 is 0 Å². The van der Waals surface area contributed by atoms with Gasteiger partial charge in [0.15, 0.2) is 0 Å². The predicted octanol–water partition coefficient (Wildman–Crippen LogP) is 3.26. The zero-order valence-electron chi connectivity index (χ0n) is 15.1. The molecular formula is C22H27N3O. The summed E-state index contributed by atoms with van der Waals surface area (Å²) in [6.45, 7) is 2.04. The fourth-order valence-corrected chi connectivity index (χ4v) is 3.66. The van der Waals surface area contributed by atoms with Crippen LogP contribution in [0.15, 0.2) is 60.7 Å². The lowest BCUT2D eigenvalue weighted by Gasteiger charge is -2.35. The summed E-state index contributed by atoms with van der Waals surface area (Å²) in [5.41, 5.74) is 2.34. The van der Waals surface area contributed by atoms with E-state index in [1.54, 1.807) is 0 Å². The van der Waals surface area contributed by atoms with Crippen LogP contribution >= 0.6 is 0 Å². The molecule has 4 rings (SSSR count). The first-order chi connectivity index (χ1) is 12.8. The number of carbonyl (C=O) groups excluding carboxylic acids is 1. The Morgan fingerprint density at radius 2 is 1.46 bits per heavy atom. The molecule has 2 fully saturated rings. The smallest absolute Gasteiger partial charge is 0.241 e. The van der Waals surface area contributed by atoms with E-state index in [4.69, 9.17) is 0 Å². The van der Waals surface area contributed by atoms with Crippen molar-refractivity contribution in [3.8, 4) is 0 Å². The van der Waals surface area contributed by atoms with Crippen LogP contribution in [-0.2, 0) is 4.79 Å². The molecule has 1 atom stereocenters. The van der Waals surface area contributed by atoms with E-state index in [2.05, 4.69) is 45.9 Å². The molecule has 2 N–H and O–H groups in total. The van der Waals surface area contributed by atoms with Crippen molar-refractivity contribution in [2.45, 2.75) is 43.8 Å². The molecule has 2 aliphatic rings. The second-order valence-electron chi connectivity index (χ2n) is 7.39. The minimum Gasteiger partial charge on any atom is -0.371 e. The van der Waals surface area contributed by atoms with Crippen molar-refractivity contribution >= 4 is 11.6 Å². The minimum absolute atomic E-state index is 0.115. The van der Waals surface area contributed by atoms with Gasteiger partial charge in [0.2, 0.25) is 5.91 Å². The Hall–Kier alpha value is -2.33. The number of nitrogens with zero attached hydrogens (tertiary/aromatic N) is 1. The lowest BCUT2D eigenvalue weighted by atomic mass is 9.99. The third-order valence-electron chi connectivity index (χ3n) is 5.34. The first kappa shape index (κ1) is 17.1. The second kappa shape index (κ2) is 7.92. The van der Waals surface area contributed by atoms with E-state index in [9.17, 15) is 4.79 Å². The number of rotatable bonds is 6.